The Labute approximate surface area is 119 Å². The van der Waals surface area contributed by atoms with Crippen LogP contribution in [-0.4, -0.2) is 25.0 Å². The van der Waals surface area contributed by atoms with Gasteiger partial charge in [-0.3, -0.25) is 4.79 Å². The molecule has 0 aliphatic heterocycles. The van der Waals surface area contributed by atoms with Crippen LogP contribution in [0.3, 0.4) is 0 Å². The van der Waals surface area contributed by atoms with E-state index in [1.54, 1.807) is 6.92 Å². The van der Waals surface area contributed by atoms with Crippen molar-refractivity contribution in [2.45, 2.75) is 13.8 Å². The SMILES string of the molecule is CCO/C=C(/C(=O)OCC)C(=O)c1ccc(F)c(F)c1F. The molecule has 0 amide bonds. The zero-order chi connectivity index (χ0) is 16.0. The average Bonchev–Trinajstić information content (AvgIpc) is 2.45. The van der Waals surface area contributed by atoms with Crippen LogP contribution in [0.2, 0.25) is 0 Å². The number of halogens is 3. The van der Waals surface area contributed by atoms with Crippen molar-refractivity contribution in [3.8, 4) is 0 Å². The molecular weight excluding hydrogens is 289 g/mol. The molecule has 0 aliphatic carbocycles. The fourth-order valence-corrected chi connectivity index (χ4v) is 1.42. The van der Waals surface area contributed by atoms with Crippen molar-refractivity contribution >= 4 is 11.8 Å². The van der Waals surface area contributed by atoms with Gasteiger partial charge in [0.05, 0.1) is 18.8 Å². The van der Waals surface area contributed by atoms with Gasteiger partial charge in [0.2, 0.25) is 5.78 Å². The van der Waals surface area contributed by atoms with Crippen LogP contribution < -0.4 is 0 Å². The lowest BCUT2D eigenvalue weighted by Crippen LogP contribution is -2.18. The Balaban J connectivity index is 3.23. The summed E-state index contributed by atoms with van der Waals surface area (Å²) in [4.78, 5) is 23.7. The van der Waals surface area contributed by atoms with Crippen molar-refractivity contribution in [1.29, 1.82) is 0 Å². The van der Waals surface area contributed by atoms with Crippen LogP contribution in [0, 0.1) is 17.5 Å². The van der Waals surface area contributed by atoms with Gasteiger partial charge >= 0.3 is 5.97 Å². The molecule has 0 aliphatic rings. The topological polar surface area (TPSA) is 52.6 Å². The third kappa shape index (κ3) is 3.84. The van der Waals surface area contributed by atoms with Crippen molar-refractivity contribution in [3.63, 3.8) is 0 Å². The molecule has 7 heteroatoms. The van der Waals surface area contributed by atoms with E-state index in [1.165, 1.54) is 6.92 Å². The predicted molar refractivity (Wildman–Crippen MR) is 67.0 cm³/mol. The number of rotatable bonds is 6. The number of ether oxygens (including phenoxy) is 2. The summed E-state index contributed by atoms with van der Waals surface area (Å²) in [7, 11) is 0. The van der Waals surface area contributed by atoms with Crippen LogP contribution >= 0.6 is 0 Å². The van der Waals surface area contributed by atoms with Gasteiger partial charge in [0.25, 0.3) is 0 Å². The van der Waals surface area contributed by atoms with Crippen LogP contribution in [-0.2, 0) is 14.3 Å². The summed E-state index contributed by atoms with van der Waals surface area (Å²) >= 11 is 0. The molecular formula is C14H13F3O4. The van der Waals surface area contributed by atoms with Crippen LogP contribution in [0.4, 0.5) is 13.2 Å². The first kappa shape index (κ1) is 16.7. The van der Waals surface area contributed by atoms with Crippen LogP contribution in [0.1, 0.15) is 24.2 Å². The normalized spacial score (nSPS) is 11.2. The molecule has 21 heavy (non-hydrogen) atoms. The maximum Gasteiger partial charge on any atom is 0.345 e. The summed E-state index contributed by atoms with van der Waals surface area (Å²) in [5, 5.41) is 0. The number of ketones is 1. The molecule has 0 atom stereocenters. The van der Waals surface area contributed by atoms with Gasteiger partial charge in [0.15, 0.2) is 17.5 Å². The number of hydrogen-bond donors (Lipinski definition) is 0. The highest BCUT2D eigenvalue weighted by Gasteiger charge is 2.26. The third-order valence-electron chi connectivity index (χ3n) is 2.39. The predicted octanol–water partition coefficient (Wildman–Crippen LogP) is 2.77. The Kier molecular flexibility index (Phi) is 5.95. The maximum absolute atomic E-state index is 13.6. The van der Waals surface area contributed by atoms with Gasteiger partial charge in [-0.2, -0.15) is 0 Å². The molecule has 4 nitrogen and oxygen atoms in total. The first-order valence-corrected chi connectivity index (χ1v) is 6.11. The number of benzene rings is 1. The summed E-state index contributed by atoms with van der Waals surface area (Å²) in [6, 6.07) is 1.34. The molecule has 0 heterocycles. The minimum atomic E-state index is -1.79. The molecule has 0 fully saturated rings. The molecule has 0 N–H and O–H groups in total. The number of Topliss-reactive ketones (excluding diaryl/α,β-unsaturated/α-hetero) is 1. The van der Waals surface area contributed by atoms with Crippen LogP contribution in [0.15, 0.2) is 24.0 Å². The lowest BCUT2D eigenvalue weighted by atomic mass is 10.0. The Morgan fingerprint density at radius 2 is 1.76 bits per heavy atom. The van der Waals surface area contributed by atoms with E-state index in [2.05, 4.69) is 4.74 Å². The van der Waals surface area contributed by atoms with Crippen molar-refractivity contribution in [2.75, 3.05) is 13.2 Å². The van der Waals surface area contributed by atoms with Gasteiger partial charge in [-0.1, -0.05) is 0 Å². The molecule has 1 aromatic carbocycles. The fourth-order valence-electron chi connectivity index (χ4n) is 1.42. The van der Waals surface area contributed by atoms with E-state index < -0.39 is 40.3 Å². The van der Waals surface area contributed by atoms with Crippen molar-refractivity contribution in [3.05, 3.63) is 47.0 Å². The molecule has 0 radical (unpaired) electrons. The summed E-state index contributed by atoms with van der Waals surface area (Å²) in [5.74, 6) is -7.10. The highest BCUT2D eigenvalue weighted by molar-refractivity contribution is 6.24. The second-order valence-corrected chi connectivity index (χ2v) is 3.76. The minimum absolute atomic E-state index is 0.0180. The minimum Gasteiger partial charge on any atom is -0.500 e. The van der Waals surface area contributed by atoms with Crippen molar-refractivity contribution < 1.29 is 32.2 Å². The molecule has 0 saturated heterocycles. The molecule has 1 aromatic rings. The molecule has 0 unspecified atom stereocenters. The molecule has 0 saturated carbocycles. The molecule has 114 valence electrons. The summed E-state index contributed by atoms with van der Waals surface area (Å²) in [6.45, 7) is 3.24. The third-order valence-corrected chi connectivity index (χ3v) is 2.39. The fraction of sp³-hybridized carbons (Fsp3) is 0.286. The second-order valence-electron chi connectivity index (χ2n) is 3.76. The van der Waals surface area contributed by atoms with Crippen LogP contribution in [0.5, 0.6) is 0 Å². The van der Waals surface area contributed by atoms with Gasteiger partial charge < -0.3 is 9.47 Å². The Hall–Kier alpha value is -2.31. The monoisotopic (exact) mass is 302 g/mol. The van der Waals surface area contributed by atoms with Gasteiger partial charge in [-0.05, 0) is 26.0 Å². The zero-order valence-corrected chi connectivity index (χ0v) is 11.4. The van der Waals surface area contributed by atoms with Gasteiger partial charge in [-0.25, -0.2) is 18.0 Å². The molecule has 0 bridgehead atoms. The smallest absolute Gasteiger partial charge is 0.345 e. The lowest BCUT2D eigenvalue weighted by molar-refractivity contribution is -0.138. The Morgan fingerprint density at radius 1 is 1.10 bits per heavy atom. The summed E-state index contributed by atoms with van der Waals surface area (Å²) < 4.78 is 49.0. The molecule has 0 spiro atoms. The zero-order valence-electron chi connectivity index (χ0n) is 11.4. The van der Waals surface area contributed by atoms with Crippen molar-refractivity contribution in [1.82, 2.24) is 0 Å². The van der Waals surface area contributed by atoms with E-state index in [-0.39, 0.29) is 13.2 Å². The highest BCUT2D eigenvalue weighted by Crippen LogP contribution is 2.19. The molecule has 0 aromatic heterocycles. The van der Waals surface area contributed by atoms with Gasteiger partial charge in [0.1, 0.15) is 11.8 Å². The second kappa shape index (κ2) is 7.47. The van der Waals surface area contributed by atoms with Gasteiger partial charge in [-0.15, -0.1) is 0 Å². The number of hydrogen-bond acceptors (Lipinski definition) is 4. The first-order chi connectivity index (χ1) is 9.93. The van der Waals surface area contributed by atoms with E-state index in [0.717, 1.165) is 12.3 Å². The molecule has 1 rings (SSSR count). The quantitative estimate of drug-likeness (QED) is 0.154. The van der Waals surface area contributed by atoms with Crippen LogP contribution in [0.25, 0.3) is 0 Å². The van der Waals surface area contributed by atoms with E-state index in [4.69, 9.17) is 4.74 Å². The Morgan fingerprint density at radius 3 is 2.33 bits per heavy atom. The lowest BCUT2D eigenvalue weighted by Gasteiger charge is -2.08. The average molecular weight is 302 g/mol. The largest absolute Gasteiger partial charge is 0.500 e. The standard InChI is InChI=1S/C14H13F3O4/c1-3-20-7-9(14(19)21-4-2)13(18)8-5-6-10(15)12(17)11(8)16/h5-7H,3-4H2,1-2H3/b9-7+. The first-order valence-electron chi connectivity index (χ1n) is 6.11. The van der Waals surface area contributed by atoms with E-state index >= 15 is 0 Å². The van der Waals surface area contributed by atoms with E-state index in [1.807, 2.05) is 0 Å². The van der Waals surface area contributed by atoms with Gasteiger partial charge in [0, 0.05) is 0 Å². The highest BCUT2D eigenvalue weighted by atomic mass is 19.2. The Bertz CT molecular complexity index is 582. The maximum atomic E-state index is 13.6. The number of esters is 1. The number of carbonyl (C=O) groups excluding carboxylic acids is 2. The summed E-state index contributed by atoms with van der Waals surface area (Å²) in [6.07, 6.45) is 0.807. The van der Waals surface area contributed by atoms with E-state index in [0.29, 0.717) is 6.07 Å². The number of carbonyl (C=O) groups is 2. The summed E-state index contributed by atoms with van der Waals surface area (Å²) in [5.41, 5.74) is -1.39. The van der Waals surface area contributed by atoms with E-state index in [9.17, 15) is 22.8 Å². The van der Waals surface area contributed by atoms with Crippen molar-refractivity contribution in [2.24, 2.45) is 0 Å².